The third kappa shape index (κ3) is 4.36. The van der Waals surface area contributed by atoms with Crippen molar-refractivity contribution in [3.8, 4) is 0 Å². The van der Waals surface area contributed by atoms with Crippen LogP contribution in [0.1, 0.15) is 61.3 Å². The molecule has 1 amide bonds. The zero-order valence-corrected chi connectivity index (χ0v) is 21.2. The lowest BCUT2D eigenvalue weighted by Crippen LogP contribution is -2.74. The molecule has 0 radical (unpaired) electrons. The second kappa shape index (κ2) is 7.55. The average Bonchev–Trinajstić information content (AvgIpc) is 2.39. The maximum absolute atomic E-state index is 13.3. The van der Waals surface area contributed by atoms with E-state index in [2.05, 4.69) is 85.8 Å². The summed E-state index contributed by atoms with van der Waals surface area (Å²) in [5, 5.41) is 0.313. The Morgan fingerprint density at radius 1 is 1.12 bits per heavy atom. The summed E-state index contributed by atoms with van der Waals surface area (Å²) in [4.78, 5) is 13.3. The molecule has 0 unspecified atom stereocenters. The molecule has 0 N–H and O–H groups in total. The van der Waals surface area contributed by atoms with E-state index in [-0.39, 0.29) is 22.1 Å². The number of rotatable bonds is 7. The van der Waals surface area contributed by atoms with Gasteiger partial charge in [0.2, 0.25) is 5.91 Å². The largest absolute Gasteiger partial charge is 0.413 e. The van der Waals surface area contributed by atoms with E-state index >= 15 is 0 Å². The fourth-order valence-corrected chi connectivity index (χ4v) is 7.42. The molecule has 1 fully saturated rings. The van der Waals surface area contributed by atoms with Crippen LogP contribution >= 0.6 is 0 Å². The van der Waals surface area contributed by atoms with Crippen LogP contribution in [0.15, 0.2) is 12.7 Å². The molecule has 1 heterocycles. The van der Waals surface area contributed by atoms with Crippen molar-refractivity contribution in [1.82, 2.24) is 4.57 Å². The van der Waals surface area contributed by atoms with Crippen LogP contribution in [0, 0.1) is 5.92 Å². The fraction of sp³-hybridized carbons (Fsp3) is 0.857. The molecule has 3 nitrogen and oxygen atoms in total. The highest BCUT2D eigenvalue weighted by Crippen LogP contribution is 2.48. The predicted molar refractivity (Wildman–Crippen MR) is 118 cm³/mol. The molecule has 0 aliphatic carbocycles. The molecule has 1 rings (SSSR count). The van der Waals surface area contributed by atoms with Crippen LogP contribution in [0.4, 0.5) is 0 Å². The summed E-state index contributed by atoms with van der Waals surface area (Å²) in [6, 6.07) is 0.293. The SMILES string of the molecule is C=CCC[C@@H]1[C@@H]([C@@H](C)O[Si](C)(C)C(C)(C)C)C(=O)N1[Si](C)(C)C(C)(C)C. The highest BCUT2D eigenvalue weighted by molar-refractivity contribution is 6.80. The van der Waals surface area contributed by atoms with Gasteiger partial charge in [-0.25, -0.2) is 0 Å². The van der Waals surface area contributed by atoms with Crippen LogP contribution in [0.5, 0.6) is 0 Å². The van der Waals surface area contributed by atoms with E-state index in [4.69, 9.17) is 4.43 Å². The van der Waals surface area contributed by atoms with E-state index in [1.807, 2.05) is 6.08 Å². The number of hydrogen-bond donors (Lipinski definition) is 0. The van der Waals surface area contributed by atoms with Crippen LogP contribution in [-0.2, 0) is 9.22 Å². The molecule has 0 saturated carbocycles. The van der Waals surface area contributed by atoms with Gasteiger partial charge in [-0.15, -0.1) is 6.58 Å². The van der Waals surface area contributed by atoms with Gasteiger partial charge in [0.05, 0.1) is 12.0 Å². The first-order chi connectivity index (χ1) is 11.5. The van der Waals surface area contributed by atoms with Gasteiger partial charge in [-0.3, -0.25) is 4.79 Å². The van der Waals surface area contributed by atoms with Gasteiger partial charge < -0.3 is 8.99 Å². The molecule has 0 aromatic rings. The molecule has 1 saturated heterocycles. The van der Waals surface area contributed by atoms with Gasteiger partial charge in [-0.05, 0) is 42.9 Å². The lowest BCUT2D eigenvalue weighted by Gasteiger charge is -2.60. The number of carbonyl (C=O) groups is 1. The summed E-state index contributed by atoms with van der Waals surface area (Å²) in [5.74, 6) is 0.315. The van der Waals surface area contributed by atoms with Crippen molar-refractivity contribution in [2.75, 3.05) is 0 Å². The fourth-order valence-electron chi connectivity index (χ4n) is 3.44. The van der Waals surface area contributed by atoms with E-state index in [0.29, 0.717) is 11.9 Å². The maximum Gasteiger partial charge on any atom is 0.222 e. The standard InChI is InChI=1S/C21H43NO2Si2/c1-13-14-15-17-18(16(2)24-26(11,12)21(6,7)8)19(23)22(17)25(9,10)20(3,4)5/h13,16-18H,1,14-15H2,2-12H3/t16-,17-,18-/m1/s1. The van der Waals surface area contributed by atoms with Crippen molar-refractivity contribution < 1.29 is 9.22 Å². The van der Waals surface area contributed by atoms with E-state index in [0.717, 1.165) is 12.8 Å². The Balaban J connectivity index is 3.09. The summed E-state index contributed by atoms with van der Waals surface area (Å²) in [6.45, 7) is 28.8. The quantitative estimate of drug-likeness (QED) is 0.291. The molecule has 1 aliphatic rings. The van der Waals surface area contributed by atoms with Crippen LogP contribution in [0.2, 0.25) is 36.3 Å². The Kier molecular flexibility index (Phi) is 6.87. The number of allylic oxidation sites excluding steroid dienone is 1. The monoisotopic (exact) mass is 397 g/mol. The van der Waals surface area contributed by atoms with E-state index in [1.54, 1.807) is 0 Å². The van der Waals surface area contributed by atoms with Crippen LogP contribution in [0.25, 0.3) is 0 Å². The first-order valence-electron chi connectivity index (χ1n) is 10.1. The molecule has 152 valence electrons. The first kappa shape index (κ1) is 23.6. The van der Waals surface area contributed by atoms with Gasteiger partial charge in [0.15, 0.2) is 16.6 Å². The van der Waals surface area contributed by atoms with Crippen LogP contribution in [0.3, 0.4) is 0 Å². The molecule has 3 atom stereocenters. The van der Waals surface area contributed by atoms with Crippen molar-refractivity contribution in [3.05, 3.63) is 12.7 Å². The second-order valence-corrected chi connectivity index (χ2v) is 20.9. The Morgan fingerprint density at radius 2 is 1.62 bits per heavy atom. The van der Waals surface area contributed by atoms with E-state index in [1.165, 1.54) is 0 Å². The molecule has 0 aromatic heterocycles. The molecule has 26 heavy (non-hydrogen) atoms. The molecular weight excluding hydrogens is 354 g/mol. The number of hydrogen-bond acceptors (Lipinski definition) is 2. The smallest absolute Gasteiger partial charge is 0.222 e. The normalized spacial score (nSPS) is 23.7. The van der Waals surface area contributed by atoms with Crippen molar-refractivity contribution >= 4 is 22.5 Å². The Hall–Kier alpha value is -0.396. The van der Waals surface area contributed by atoms with Gasteiger partial charge in [-0.1, -0.05) is 60.7 Å². The molecule has 0 spiro atoms. The van der Waals surface area contributed by atoms with Gasteiger partial charge >= 0.3 is 0 Å². The highest BCUT2D eigenvalue weighted by atomic mass is 28.4. The van der Waals surface area contributed by atoms with Crippen molar-refractivity contribution in [1.29, 1.82) is 0 Å². The second-order valence-electron chi connectivity index (χ2n) is 11.1. The summed E-state index contributed by atoms with van der Waals surface area (Å²) < 4.78 is 8.88. The molecular formula is C21H43NO2Si2. The number of β-lactam (4-membered cyclic amide) rings is 1. The first-order valence-corrected chi connectivity index (χ1v) is 16.0. The average molecular weight is 398 g/mol. The Morgan fingerprint density at radius 3 is 2.00 bits per heavy atom. The molecule has 1 aliphatic heterocycles. The third-order valence-corrected chi connectivity index (χ3v) is 17.2. The lowest BCUT2D eigenvalue weighted by atomic mass is 9.83. The van der Waals surface area contributed by atoms with Gasteiger partial charge in [0, 0.05) is 6.04 Å². The number of nitrogens with zero attached hydrogens (tertiary/aromatic N) is 1. The van der Waals surface area contributed by atoms with Crippen molar-refractivity contribution in [3.63, 3.8) is 0 Å². The summed E-state index contributed by atoms with van der Waals surface area (Å²) in [6.07, 6.45) is 3.91. The zero-order chi connectivity index (χ0) is 20.7. The van der Waals surface area contributed by atoms with Gasteiger partial charge in [0.25, 0.3) is 0 Å². The number of amides is 1. The highest BCUT2D eigenvalue weighted by Gasteiger charge is 2.59. The minimum absolute atomic E-state index is 0.00167. The van der Waals surface area contributed by atoms with Crippen LogP contribution in [-0.4, -0.2) is 39.2 Å². The van der Waals surface area contributed by atoms with Crippen molar-refractivity contribution in [2.45, 2.75) is 110 Å². The summed E-state index contributed by atoms with van der Waals surface area (Å²) in [7, 11) is -3.76. The zero-order valence-electron chi connectivity index (χ0n) is 19.2. The predicted octanol–water partition coefficient (Wildman–Crippen LogP) is 6.20. The molecule has 0 bridgehead atoms. The minimum atomic E-state index is -1.89. The maximum atomic E-state index is 13.3. The third-order valence-electron chi connectivity index (χ3n) is 7.17. The Bertz CT molecular complexity index is 529. The van der Waals surface area contributed by atoms with Gasteiger partial charge in [0.1, 0.15) is 0 Å². The van der Waals surface area contributed by atoms with E-state index in [9.17, 15) is 4.79 Å². The molecule has 0 aromatic carbocycles. The Labute approximate surface area is 164 Å². The minimum Gasteiger partial charge on any atom is -0.413 e. The van der Waals surface area contributed by atoms with Crippen LogP contribution < -0.4 is 0 Å². The van der Waals surface area contributed by atoms with E-state index < -0.39 is 16.6 Å². The number of carbonyl (C=O) groups excluding carboxylic acids is 1. The summed E-state index contributed by atoms with van der Waals surface area (Å²) in [5.41, 5.74) is 0. The topological polar surface area (TPSA) is 29.5 Å². The molecule has 5 heteroatoms. The lowest BCUT2D eigenvalue weighted by molar-refractivity contribution is -0.154. The van der Waals surface area contributed by atoms with Crippen molar-refractivity contribution in [2.24, 2.45) is 5.92 Å². The summed E-state index contributed by atoms with van der Waals surface area (Å²) >= 11 is 0. The van der Waals surface area contributed by atoms with Gasteiger partial charge in [-0.2, -0.15) is 0 Å².